The topological polar surface area (TPSA) is 87.7 Å². The number of carbonyl (C=O) groups is 1. The van der Waals surface area contributed by atoms with Gasteiger partial charge in [-0.2, -0.15) is 5.10 Å². The molecule has 0 spiro atoms. The third-order valence-electron chi connectivity index (χ3n) is 4.44. The lowest BCUT2D eigenvalue weighted by Gasteiger charge is -2.32. The summed E-state index contributed by atoms with van der Waals surface area (Å²) in [4.78, 5) is 27.5. The van der Waals surface area contributed by atoms with Gasteiger partial charge in [0.1, 0.15) is 11.5 Å². The minimum atomic E-state index is -0.0344. The van der Waals surface area contributed by atoms with E-state index in [0.717, 1.165) is 36.1 Å². The Kier molecular flexibility index (Phi) is 3.68. The number of pyridine rings is 1. The van der Waals surface area contributed by atoms with Crippen LogP contribution in [0, 0.1) is 6.92 Å². The number of H-pyrrole nitrogens is 1. The molecule has 1 N–H and O–H groups in total. The molecule has 1 amide bonds. The number of aromatic nitrogens is 5. The highest BCUT2D eigenvalue weighted by atomic mass is 16.2. The zero-order valence-electron chi connectivity index (χ0n) is 13.4. The summed E-state index contributed by atoms with van der Waals surface area (Å²) in [5.74, 6) is 0.812. The molecular weight excluding hydrogens is 304 g/mol. The maximum atomic E-state index is 12.7. The first-order valence-corrected chi connectivity index (χ1v) is 8.09. The van der Waals surface area contributed by atoms with Crippen LogP contribution in [0.15, 0.2) is 30.6 Å². The van der Waals surface area contributed by atoms with Gasteiger partial charge in [-0.1, -0.05) is 0 Å². The number of fused-ring (bicyclic) bond motifs is 1. The molecule has 4 heterocycles. The summed E-state index contributed by atoms with van der Waals surface area (Å²) < 4.78 is 0. The van der Waals surface area contributed by atoms with Crippen molar-refractivity contribution in [2.75, 3.05) is 13.1 Å². The summed E-state index contributed by atoms with van der Waals surface area (Å²) in [6.45, 7) is 3.21. The van der Waals surface area contributed by atoms with Crippen LogP contribution >= 0.6 is 0 Å². The van der Waals surface area contributed by atoms with Crippen molar-refractivity contribution >= 4 is 16.9 Å². The van der Waals surface area contributed by atoms with E-state index in [-0.39, 0.29) is 11.8 Å². The maximum absolute atomic E-state index is 12.7. The largest absolute Gasteiger partial charge is 0.337 e. The lowest BCUT2D eigenvalue weighted by Crippen LogP contribution is -2.39. The molecule has 0 unspecified atom stereocenters. The molecule has 1 fully saturated rings. The molecule has 7 nitrogen and oxygen atoms in total. The van der Waals surface area contributed by atoms with E-state index in [1.807, 2.05) is 17.0 Å². The summed E-state index contributed by atoms with van der Waals surface area (Å²) in [7, 11) is 0. The number of rotatable bonds is 2. The zero-order valence-corrected chi connectivity index (χ0v) is 13.4. The van der Waals surface area contributed by atoms with E-state index in [0.29, 0.717) is 18.1 Å². The van der Waals surface area contributed by atoms with Crippen molar-refractivity contribution in [3.8, 4) is 0 Å². The van der Waals surface area contributed by atoms with Gasteiger partial charge in [-0.05, 0) is 38.0 Å². The fourth-order valence-corrected chi connectivity index (χ4v) is 3.21. The number of aryl methyl sites for hydroxylation is 1. The first kappa shape index (κ1) is 14.7. The molecule has 24 heavy (non-hydrogen) atoms. The number of hydrogen-bond donors (Lipinski definition) is 1. The molecule has 1 aliphatic heterocycles. The average molecular weight is 322 g/mol. The van der Waals surface area contributed by atoms with Gasteiger partial charge < -0.3 is 4.90 Å². The van der Waals surface area contributed by atoms with Gasteiger partial charge >= 0.3 is 0 Å². The molecule has 1 saturated heterocycles. The second-order valence-electron chi connectivity index (χ2n) is 6.12. The van der Waals surface area contributed by atoms with Crippen LogP contribution in [0.1, 0.15) is 40.8 Å². The van der Waals surface area contributed by atoms with Crippen molar-refractivity contribution in [3.63, 3.8) is 0 Å². The van der Waals surface area contributed by atoms with E-state index in [2.05, 4.69) is 25.1 Å². The Labute approximate surface area is 139 Å². The van der Waals surface area contributed by atoms with Crippen molar-refractivity contribution < 1.29 is 4.79 Å². The van der Waals surface area contributed by atoms with Gasteiger partial charge in [0.25, 0.3) is 5.91 Å². The third-order valence-corrected chi connectivity index (χ3v) is 4.44. The number of likely N-dealkylation sites (tertiary alicyclic amines) is 1. The van der Waals surface area contributed by atoms with Crippen molar-refractivity contribution in [2.24, 2.45) is 0 Å². The molecule has 0 aromatic carbocycles. The monoisotopic (exact) mass is 322 g/mol. The highest BCUT2D eigenvalue weighted by molar-refractivity contribution is 5.92. The SMILES string of the molecule is Cc1nccc(C(=O)N2CCC[C@@H](c3ccc4cn[nH]c4n3)C2)n1. The minimum Gasteiger partial charge on any atom is -0.337 e. The lowest BCUT2D eigenvalue weighted by molar-refractivity contribution is 0.0699. The second kappa shape index (κ2) is 5.99. The van der Waals surface area contributed by atoms with Crippen LogP contribution in [-0.4, -0.2) is 49.0 Å². The van der Waals surface area contributed by atoms with E-state index < -0.39 is 0 Å². The van der Waals surface area contributed by atoms with Crippen LogP contribution in [0.3, 0.4) is 0 Å². The first-order chi connectivity index (χ1) is 11.7. The Balaban J connectivity index is 1.55. The van der Waals surface area contributed by atoms with Crippen LogP contribution in [0.4, 0.5) is 0 Å². The quantitative estimate of drug-likeness (QED) is 0.780. The molecule has 0 aliphatic carbocycles. The van der Waals surface area contributed by atoms with E-state index in [1.165, 1.54) is 0 Å². The number of hydrogen-bond acceptors (Lipinski definition) is 5. The summed E-state index contributed by atoms with van der Waals surface area (Å²) in [5, 5.41) is 7.92. The molecule has 1 aliphatic rings. The maximum Gasteiger partial charge on any atom is 0.272 e. The Morgan fingerprint density at radius 1 is 1.29 bits per heavy atom. The van der Waals surface area contributed by atoms with Crippen LogP contribution in [0.25, 0.3) is 11.0 Å². The zero-order chi connectivity index (χ0) is 16.5. The van der Waals surface area contributed by atoms with E-state index >= 15 is 0 Å². The van der Waals surface area contributed by atoms with Crippen LogP contribution < -0.4 is 0 Å². The van der Waals surface area contributed by atoms with Gasteiger partial charge in [-0.15, -0.1) is 0 Å². The molecule has 122 valence electrons. The van der Waals surface area contributed by atoms with E-state index in [9.17, 15) is 4.79 Å². The Bertz CT molecular complexity index is 889. The molecule has 7 heteroatoms. The molecule has 1 atom stereocenters. The van der Waals surface area contributed by atoms with Crippen LogP contribution in [0.5, 0.6) is 0 Å². The average Bonchev–Trinajstić information content (AvgIpc) is 3.09. The number of nitrogens with one attached hydrogen (secondary N) is 1. The highest BCUT2D eigenvalue weighted by Gasteiger charge is 2.27. The fraction of sp³-hybridized carbons (Fsp3) is 0.353. The second-order valence-corrected chi connectivity index (χ2v) is 6.12. The summed E-state index contributed by atoms with van der Waals surface area (Å²) in [6, 6.07) is 5.73. The first-order valence-electron chi connectivity index (χ1n) is 8.09. The van der Waals surface area contributed by atoms with E-state index in [1.54, 1.807) is 25.4 Å². The number of amides is 1. The molecule has 3 aromatic rings. The Morgan fingerprint density at radius 2 is 2.21 bits per heavy atom. The van der Waals surface area contributed by atoms with Crippen LogP contribution in [0.2, 0.25) is 0 Å². The van der Waals surface area contributed by atoms with Crippen molar-refractivity contribution in [1.82, 2.24) is 30.0 Å². The third kappa shape index (κ3) is 2.73. The minimum absolute atomic E-state index is 0.0344. The molecule has 3 aromatic heterocycles. The summed E-state index contributed by atoms with van der Waals surface area (Å²) in [5.41, 5.74) is 2.26. The van der Waals surface area contributed by atoms with Crippen molar-refractivity contribution in [1.29, 1.82) is 0 Å². The number of piperidine rings is 1. The number of nitrogens with zero attached hydrogens (tertiary/aromatic N) is 5. The molecule has 0 saturated carbocycles. The predicted octanol–water partition coefficient (Wildman–Crippen LogP) is 2.08. The van der Waals surface area contributed by atoms with Gasteiger partial charge in [0.05, 0.1) is 6.20 Å². The molecule has 0 bridgehead atoms. The standard InChI is InChI=1S/C17H18N6O/c1-11-18-7-6-15(20-11)17(24)23-8-2-3-13(10-23)14-5-4-12-9-19-22-16(12)21-14/h4-7,9,13H,2-3,8,10H2,1H3,(H,19,21,22)/t13-/m1/s1. The highest BCUT2D eigenvalue weighted by Crippen LogP contribution is 2.27. The Hall–Kier alpha value is -2.83. The van der Waals surface area contributed by atoms with Crippen molar-refractivity contribution in [3.05, 3.63) is 47.8 Å². The Morgan fingerprint density at radius 3 is 3.08 bits per heavy atom. The van der Waals surface area contributed by atoms with E-state index in [4.69, 9.17) is 0 Å². The normalized spacial score (nSPS) is 18.0. The number of carbonyl (C=O) groups excluding carboxylic acids is 1. The van der Waals surface area contributed by atoms with Gasteiger partial charge in [-0.25, -0.2) is 15.0 Å². The molecule has 4 rings (SSSR count). The fourth-order valence-electron chi connectivity index (χ4n) is 3.21. The summed E-state index contributed by atoms with van der Waals surface area (Å²) in [6.07, 6.45) is 5.38. The van der Waals surface area contributed by atoms with Gasteiger partial charge in [0.2, 0.25) is 0 Å². The predicted molar refractivity (Wildman–Crippen MR) is 88.5 cm³/mol. The summed E-state index contributed by atoms with van der Waals surface area (Å²) >= 11 is 0. The van der Waals surface area contributed by atoms with Gasteiger partial charge in [0, 0.05) is 36.3 Å². The smallest absolute Gasteiger partial charge is 0.272 e. The number of aromatic amines is 1. The van der Waals surface area contributed by atoms with Crippen LogP contribution in [-0.2, 0) is 0 Å². The lowest BCUT2D eigenvalue weighted by atomic mass is 9.94. The molecule has 0 radical (unpaired) electrons. The van der Waals surface area contributed by atoms with Crippen molar-refractivity contribution in [2.45, 2.75) is 25.7 Å². The molecular formula is C17H18N6O. The van der Waals surface area contributed by atoms with Gasteiger partial charge in [-0.3, -0.25) is 9.89 Å². The van der Waals surface area contributed by atoms with Gasteiger partial charge in [0.15, 0.2) is 5.65 Å².